The maximum Gasteiger partial charge on any atom is 0.126 e. The third-order valence-electron chi connectivity index (χ3n) is 2.03. The molecule has 0 heterocycles. The van der Waals surface area contributed by atoms with Gasteiger partial charge in [0.2, 0.25) is 0 Å². The summed E-state index contributed by atoms with van der Waals surface area (Å²) in [5.74, 6) is 5.96. The Morgan fingerprint density at radius 2 is 2.00 bits per heavy atom. The molecule has 0 amide bonds. The first-order valence-corrected chi connectivity index (χ1v) is 5.93. The average Bonchev–Trinajstić information content (AvgIpc) is 2.23. The van der Waals surface area contributed by atoms with E-state index in [2.05, 4.69) is 34.7 Å². The molecule has 1 aromatic carbocycles. The standard InChI is InChI=1S/C13H14BrF/c1-2-3-4-5-6-7-11-10-12(14)8-9-13(11)15/h8-10H,2-3,6-7H2,1H3. The highest BCUT2D eigenvalue weighted by Crippen LogP contribution is 2.16. The Morgan fingerprint density at radius 3 is 2.73 bits per heavy atom. The minimum atomic E-state index is -0.143. The van der Waals surface area contributed by atoms with Gasteiger partial charge in [-0.15, -0.1) is 11.8 Å². The van der Waals surface area contributed by atoms with E-state index in [4.69, 9.17) is 0 Å². The molecule has 15 heavy (non-hydrogen) atoms. The van der Waals surface area contributed by atoms with E-state index in [1.807, 2.05) is 6.07 Å². The molecule has 0 atom stereocenters. The second-order valence-corrected chi connectivity index (χ2v) is 4.25. The number of hydrogen-bond acceptors (Lipinski definition) is 0. The van der Waals surface area contributed by atoms with Crippen molar-refractivity contribution in [3.8, 4) is 11.8 Å². The van der Waals surface area contributed by atoms with Crippen LogP contribution >= 0.6 is 15.9 Å². The van der Waals surface area contributed by atoms with Crippen LogP contribution in [0.2, 0.25) is 0 Å². The maximum atomic E-state index is 13.3. The van der Waals surface area contributed by atoms with E-state index in [0.717, 1.165) is 29.3 Å². The smallest absolute Gasteiger partial charge is 0.126 e. The predicted octanol–water partition coefficient (Wildman–Crippen LogP) is 4.32. The third kappa shape index (κ3) is 4.48. The van der Waals surface area contributed by atoms with Crippen molar-refractivity contribution in [1.29, 1.82) is 0 Å². The van der Waals surface area contributed by atoms with E-state index in [1.54, 1.807) is 6.07 Å². The van der Waals surface area contributed by atoms with Gasteiger partial charge in [0.1, 0.15) is 5.82 Å². The summed E-state index contributed by atoms with van der Waals surface area (Å²) in [5, 5.41) is 0. The number of benzene rings is 1. The summed E-state index contributed by atoms with van der Waals surface area (Å²) in [6.07, 6.45) is 3.43. The fraction of sp³-hybridized carbons (Fsp3) is 0.385. The van der Waals surface area contributed by atoms with E-state index in [-0.39, 0.29) is 5.82 Å². The zero-order chi connectivity index (χ0) is 11.1. The van der Waals surface area contributed by atoms with Crippen LogP contribution < -0.4 is 0 Å². The van der Waals surface area contributed by atoms with Crippen LogP contribution in [0.5, 0.6) is 0 Å². The second-order valence-electron chi connectivity index (χ2n) is 3.34. The summed E-state index contributed by atoms with van der Waals surface area (Å²) in [7, 11) is 0. The van der Waals surface area contributed by atoms with Gasteiger partial charge in [-0.25, -0.2) is 4.39 Å². The van der Waals surface area contributed by atoms with Gasteiger partial charge in [-0.3, -0.25) is 0 Å². The highest BCUT2D eigenvalue weighted by Gasteiger charge is 2.00. The van der Waals surface area contributed by atoms with Crippen LogP contribution in [-0.4, -0.2) is 0 Å². The third-order valence-corrected chi connectivity index (χ3v) is 2.52. The summed E-state index contributed by atoms with van der Waals surface area (Å²) in [6.45, 7) is 2.10. The molecule has 0 aliphatic heterocycles. The lowest BCUT2D eigenvalue weighted by atomic mass is 10.1. The van der Waals surface area contributed by atoms with Crippen molar-refractivity contribution in [2.24, 2.45) is 0 Å². The number of halogens is 2. The van der Waals surface area contributed by atoms with Gasteiger partial charge in [-0.1, -0.05) is 22.9 Å². The van der Waals surface area contributed by atoms with Gasteiger partial charge >= 0.3 is 0 Å². The Hall–Kier alpha value is -0.810. The largest absolute Gasteiger partial charge is 0.207 e. The lowest BCUT2D eigenvalue weighted by molar-refractivity contribution is 0.609. The van der Waals surface area contributed by atoms with Crippen molar-refractivity contribution in [1.82, 2.24) is 0 Å². The molecule has 80 valence electrons. The Morgan fingerprint density at radius 1 is 1.27 bits per heavy atom. The minimum absolute atomic E-state index is 0.143. The molecule has 0 fully saturated rings. The molecule has 0 unspecified atom stereocenters. The van der Waals surface area contributed by atoms with Crippen LogP contribution in [0.4, 0.5) is 4.39 Å². The Bertz CT molecular complexity index is 374. The molecule has 2 heteroatoms. The molecule has 0 radical (unpaired) electrons. The molecule has 1 aromatic rings. The zero-order valence-corrected chi connectivity index (χ0v) is 10.4. The fourth-order valence-corrected chi connectivity index (χ4v) is 1.64. The van der Waals surface area contributed by atoms with Crippen LogP contribution in [0.1, 0.15) is 31.7 Å². The first kappa shape index (κ1) is 12.3. The molecule has 0 aliphatic rings. The van der Waals surface area contributed by atoms with Crippen molar-refractivity contribution >= 4 is 15.9 Å². The summed E-state index contributed by atoms with van der Waals surface area (Å²) in [4.78, 5) is 0. The van der Waals surface area contributed by atoms with Crippen molar-refractivity contribution in [3.63, 3.8) is 0 Å². The molecule has 0 aliphatic carbocycles. The number of unbranched alkanes of at least 4 members (excludes halogenated alkanes) is 1. The summed E-state index contributed by atoms with van der Waals surface area (Å²) < 4.78 is 14.2. The average molecular weight is 269 g/mol. The molecule has 0 saturated heterocycles. The molecule has 0 nitrogen and oxygen atoms in total. The Labute approximate surface area is 99.0 Å². The Balaban J connectivity index is 2.51. The predicted molar refractivity (Wildman–Crippen MR) is 65.1 cm³/mol. The van der Waals surface area contributed by atoms with Gasteiger partial charge in [0, 0.05) is 17.3 Å². The second kappa shape index (κ2) is 6.63. The van der Waals surface area contributed by atoms with Crippen LogP contribution in [0.15, 0.2) is 22.7 Å². The first-order chi connectivity index (χ1) is 7.24. The normalized spacial score (nSPS) is 9.53. The molecular weight excluding hydrogens is 255 g/mol. The highest BCUT2D eigenvalue weighted by molar-refractivity contribution is 9.10. The number of aryl methyl sites for hydroxylation is 1. The van der Waals surface area contributed by atoms with Crippen molar-refractivity contribution in [3.05, 3.63) is 34.1 Å². The van der Waals surface area contributed by atoms with Gasteiger partial charge < -0.3 is 0 Å². The highest BCUT2D eigenvalue weighted by atomic mass is 79.9. The van der Waals surface area contributed by atoms with E-state index in [0.29, 0.717) is 6.42 Å². The summed E-state index contributed by atoms with van der Waals surface area (Å²) >= 11 is 3.33. The summed E-state index contributed by atoms with van der Waals surface area (Å²) in [5.41, 5.74) is 0.732. The van der Waals surface area contributed by atoms with Crippen molar-refractivity contribution < 1.29 is 4.39 Å². The van der Waals surface area contributed by atoms with Gasteiger partial charge in [-0.05, 0) is 36.6 Å². The fourth-order valence-electron chi connectivity index (χ4n) is 1.23. The monoisotopic (exact) mass is 268 g/mol. The molecule has 1 rings (SSSR count). The van der Waals surface area contributed by atoms with Crippen LogP contribution in [0, 0.1) is 17.7 Å². The molecule has 0 saturated carbocycles. The Kier molecular flexibility index (Phi) is 5.42. The number of rotatable bonds is 3. The topological polar surface area (TPSA) is 0 Å². The lowest BCUT2D eigenvalue weighted by Crippen LogP contribution is -1.89. The minimum Gasteiger partial charge on any atom is -0.207 e. The van der Waals surface area contributed by atoms with E-state index in [9.17, 15) is 4.39 Å². The van der Waals surface area contributed by atoms with E-state index < -0.39 is 0 Å². The van der Waals surface area contributed by atoms with Gasteiger partial charge in [0.05, 0.1) is 0 Å². The van der Waals surface area contributed by atoms with Crippen LogP contribution in [-0.2, 0) is 6.42 Å². The molecule has 0 aromatic heterocycles. The van der Waals surface area contributed by atoms with Gasteiger partial charge in [0.25, 0.3) is 0 Å². The molecule has 0 spiro atoms. The van der Waals surface area contributed by atoms with Crippen LogP contribution in [0.25, 0.3) is 0 Å². The molecular formula is C13H14BrF. The zero-order valence-electron chi connectivity index (χ0n) is 8.82. The molecule has 0 N–H and O–H groups in total. The maximum absolute atomic E-state index is 13.3. The lowest BCUT2D eigenvalue weighted by Gasteiger charge is -2.00. The van der Waals surface area contributed by atoms with E-state index >= 15 is 0 Å². The molecule has 0 bridgehead atoms. The van der Waals surface area contributed by atoms with Crippen molar-refractivity contribution in [2.45, 2.75) is 32.6 Å². The van der Waals surface area contributed by atoms with Gasteiger partial charge in [0.15, 0.2) is 0 Å². The van der Waals surface area contributed by atoms with Crippen molar-refractivity contribution in [2.75, 3.05) is 0 Å². The van der Waals surface area contributed by atoms with Gasteiger partial charge in [-0.2, -0.15) is 0 Å². The number of hydrogen-bond donors (Lipinski definition) is 0. The quantitative estimate of drug-likeness (QED) is 0.717. The SMILES string of the molecule is CCCC#CCCc1cc(Br)ccc1F. The summed E-state index contributed by atoms with van der Waals surface area (Å²) in [6, 6.07) is 5.01. The van der Waals surface area contributed by atoms with E-state index in [1.165, 1.54) is 6.07 Å². The van der Waals surface area contributed by atoms with Crippen LogP contribution in [0.3, 0.4) is 0 Å². The first-order valence-electron chi connectivity index (χ1n) is 5.13.